The fourth-order valence-electron chi connectivity index (χ4n) is 2.07. The number of hydrogen-bond donors (Lipinski definition) is 1. The van der Waals surface area contributed by atoms with Gasteiger partial charge in [0.1, 0.15) is 17.2 Å². The van der Waals surface area contributed by atoms with E-state index in [1.807, 2.05) is 19.2 Å². The summed E-state index contributed by atoms with van der Waals surface area (Å²) >= 11 is 1.45. The normalized spacial score (nSPS) is 10.7. The first kappa shape index (κ1) is 14.5. The Bertz CT molecular complexity index is 867. The summed E-state index contributed by atoms with van der Waals surface area (Å²) in [4.78, 5) is 13.3. The van der Waals surface area contributed by atoms with Crippen LogP contribution in [0.3, 0.4) is 0 Å². The van der Waals surface area contributed by atoms with Crippen LogP contribution in [0, 0.1) is 0 Å². The molecular weight excluding hydrogens is 298 g/mol. The van der Waals surface area contributed by atoms with E-state index in [4.69, 9.17) is 4.74 Å². The van der Waals surface area contributed by atoms with Crippen molar-refractivity contribution in [3.8, 4) is 22.9 Å². The standard InChI is InChI=1S/C16H15N3O2S/c1-9(2)17-16-19-14(8-22-16)13-7-15(20)11-5-4-10(21-3)6-12(11)18-13/h4-8H,1-3H3,(H,18,20). The van der Waals surface area contributed by atoms with Gasteiger partial charge in [0.2, 0.25) is 5.13 Å². The molecule has 0 spiro atoms. The third kappa shape index (κ3) is 2.78. The average Bonchev–Trinajstić information content (AvgIpc) is 2.94. The van der Waals surface area contributed by atoms with Crippen molar-refractivity contribution >= 4 is 33.1 Å². The third-order valence-corrected chi connectivity index (χ3v) is 3.80. The Labute approximate surface area is 132 Å². The second-order valence-corrected chi connectivity index (χ2v) is 5.82. The summed E-state index contributed by atoms with van der Waals surface area (Å²) in [5.41, 5.74) is 2.92. The van der Waals surface area contributed by atoms with Gasteiger partial charge in [0, 0.05) is 28.6 Å². The second-order valence-electron chi connectivity index (χ2n) is 4.98. The van der Waals surface area contributed by atoms with E-state index in [2.05, 4.69) is 15.0 Å². The molecule has 6 heteroatoms. The topological polar surface area (TPSA) is 67.6 Å². The maximum Gasteiger partial charge on any atom is 0.209 e. The van der Waals surface area contributed by atoms with E-state index in [1.54, 1.807) is 31.4 Å². The molecule has 0 unspecified atom stereocenters. The van der Waals surface area contributed by atoms with Crippen LogP contribution in [0.25, 0.3) is 22.3 Å². The van der Waals surface area contributed by atoms with E-state index < -0.39 is 0 Å². The van der Waals surface area contributed by atoms with E-state index in [9.17, 15) is 5.11 Å². The first-order valence-electron chi connectivity index (χ1n) is 6.72. The molecule has 3 aromatic rings. The van der Waals surface area contributed by atoms with Crippen LogP contribution >= 0.6 is 11.3 Å². The van der Waals surface area contributed by atoms with E-state index in [1.165, 1.54) is 11.3 Å². The monoisotopic (exact) mass is 313 g/mol. The van der Waals surface area contributed by atoms with Gasteiger partial charge in [-0.2, -0.15) is 0 Å². The highest BCUT2D eigenvalue weighted by atomic mass is 32.1. The van der Waals surface area contributed by atoms with E-state index in [0.29, 0.717) is 33.2 Å². The summed E-state index contributed by atoms with van der Waals surface area (Å²) in [6.45, 7) is 3.85. The number of fused-ring (bicyclic) bond motifs is 1. The number of rotatable bonds is 3. The first-order chi connectivity index (χ1) is 10.6. The van der Waals surface area contributed by atoms with Crippen LogP contribution in [0.4, 0.5) is 5.13 Å². The van der Waals surface area contributed by atoms with Crippen molar-refractivity contribution in [2.45, 2.75) is 13.8 Å². The molecule has 2 aromatic heterocycles. The summed E-state index contributed by atoms with van der Waals surface area (Å²) in [7, 11) is 1.60. The number of thiazole rings is 1. The van der Waals surface area contributed by atoms with Gasteiger partial charge in [-0.3, -0.25) is 0 Å². The molecule has 3 rings (SSSR count). The van der Waals surface area contributed by atoms with Gasteiger partial charge in [-0.25, -0.2) is 15.0 Å². The molecule has 0 aliphatic heterocycles. The molecule has 0 bridgehead atoms. The van der Waals surface area contributed by atoms with Crippen molar-refractivity contribution in [1.29, 1.82) is 0 Å². The van der Waals surface area contributed by atoms with Crippen LogP contribution in [0.1, 0.15) is 13.8 Å². The van der Waals surface area contributed by atoms with Gasteiger partial charge in [-0.15, -0.1) is 11.3 Å². The zero-order chi connectivity index (χ0) is 15.7. The highest BCUT2D eigenvalue weighted by Gasteiger charge is 2.10. The maximum absolute atomic E-state index is 10.2. The quantitative estimate of drug-likeness (QED) is 0.736. The molecule has 22 heavy (non-hydrogen) atoms. The fourth-order valence-corrected chi connectivity index (χ4v) is 2.85. The average molecular weight is 313 g/mol. The lowest BCUT2D eigenvalue weighted by Gasteiger charge is -2.05. The van der Waals surface area contributed by atoms with Crippen molar-refractivity contribution in [2.75, 3.05) is 7.11 Å². The van der Waals surface area contributed by atoms with Crippen molar-refractivity contribution in [2.24, 2.45) is 4.99 Å². The Hall–Kier alpha value is -2.47. The summed E-state index contributed by atoms with van der Waals surface area (Å²) in [6, 6.07) is 7.00. The van der Waals surface area contributed by atoms with E-state index in [0.717, 1.165) is 5.71 Å². The minimum atomic E-state index is 0.173. The largest absolute Gasteiger partial charge is 0.507 e. The lowest BCUT2D eigenvalue weighted by Crippen LogP contribution is -1.88. The van der Waals surface area contributed by atoms with Crippen LogP contribution in [0.15, 0.2) is 34.6 Å². The predicted octanol–water partition coefficient (Wildman–Crippen LogP) is 4.18. The maximum atomic E-state index is 10.2. The van der Waals surface area contributed by atoms with Crippen LogP contribution in [-0.4, -0.2) is 27.9 Å². The summed E-state index contributed by atoms with van der Waals surface area (Å²) in [6.07, 6.45) is 0. The van der Waals surface area contributed by atoms with Crippen molar-refractivity contribution < 1.29 is 9.84 Å². The Morgan fingerprint density at radius 1 is 1.18 bits per heavy atom. The molecule has 5 nitrogen and oxygen atoms in total. The number of pyridine rings is 1. The SMILES string of the molecule is COc1ccc2c(O)cc(-c3csc(N=C(C)C)n3)nc2c1. The van der Waals surface area contributed by atoms with Crippen molar-refractivity contribution in [1.82, 2.24) is 9.97 Å². The molecule has 0 fully saturated rings. The zero-order valence-corrected chi connectivity index (χ0v) is 13.3. The number of nitrogens with zero attached hydrogens (tertiary/aromatic N) is 3. The number of hydrogen-bond acceptors (Lipinski definition) is 6. The molecule has 1 N–H and O–H groups in total. The number of aliphatic imine (C=N–C) groups is 1. The minimum Gasteiger partial charge on any atom is -0.507 e. The number of aromatic nitrogens is 2. The van der Waals surface area contributed by atoms with E-state index in [-0.39, 0.29) is 5.75 Å². The Morgan fingerprint density at radius 2 is 2.00 bits per heavy atom. The number of ether oxygens (including phenoxy) is 1. The zero-order valence-electron chi connectivity index (χ0n) is 12.5. The van der Waals surface area contributed by atoms with Gasteiger partial charge in [0.25, 0.3) is 0 Å². The van der Waals surface area contributed by atoms with Crippen LogP contribution in [0.2, 0.25) is 0 Å². The molecule has 112 valence electrons. The first-order valence-corrected chi connectivity index (χ1v) is 7.60. The van der Waals surface area contributed by atoms with Crippen LogP contribution < -0.4 is 4.74 Å². The minimum absolute atomic E-state index is 0.173. The van der Waals surface area contributed by atoms with Crippen LogP contribution in [0.5, 0.6) is 11.5 Å². The van der Waals surface area contributed by atoms with Crippen molar-refractivity contribution in [3.05, 3.63) is 29.6 Å². The third-order valence-electron chi connectivity index (χ3n) is 3.07. The van der Waals surface area contributed by atoms with Crippen LogP contribution in [-0.2, 0) is 0 Å². The van der Waals surface area contributed by atoms with E-state index >= 15 is 0 Å². The lowest BCUT2D eigenvalue weighted by atomic mass is 10.1. The smallest absolute Gasteiger partial charge is 0.209 e. The number of benzene rings is 1. The van der Waals surface area contributed by atoms with Gasteiger partial charge in [0.15, 0.2) is 0 Å². The summed E-state index contributed by atoms with van der Waals surface area (Å²) in [5, 5.41) is 13.4. The molecule has 0 aliphatic rings. The van der Waals surface area contributed by atoms with Gasteiger partial charge in [0.05, 0.1) is 18.3 Å². The molecule has 2 heterocycles. The molecule has 0 saturated heterocycles. The Morgan fingerprint density at radius 3 is 2.73 bits per heavy atom. The second kappa shape index (κ2) is 5.73. The van der Waals surface area contributed by atoms with Gasteiger partial charge in [-0.1, -0.05) is 0 Å². The predicted molar refractivity (Wildman–Crippen MR) is 89.5 cm³/mol. The Balaban J connectivity index is 2.10. The molecule has 0 radical (unpaired) electrons. The molecule has 0 amide bonds. The molecule has 0 atom stereocenters. The van der Waals surface area contributed by atoms with Gasteiger partial charge in [-0.05, 0) is 26.0 Å². The molecular formula is C16H15N3O2S. The molecule has 0 aliphatic carbocycles. The number of methoxy groups -OCH3 is 1. The lowest BCUT2D eigenvalue weighted by molar-refractivity contribution is 0.415. The summed E-state index contributed by atoms with van der Waals surface area (Å²) in [5.74, 6) is 0.870. The molecule has 0 saturated carbocycles. The van der Waals surface area contributed by atoms with Crippen molar-refractivity contribution in [3.63, 3.8) is 0 Å². The highest BCUT2D eigenvalue weighted by Crippen LogP contribution is 2.32. The van der Waals surface area contributed by atoms with Gasteiger partial charge < -0.3 is 9.84 Å². The molecule has 1 aromatic carbocycles. The number of aromatic hydroxyl groups is 1. The highest BCUT2D eigenvalue weighted by molar-refractivity contribution is 7.13. The van der Waals surface area contributed by atoms with Gasteiger partial charge >= 0.3 is 0 Å². The summed E-state index contributed by atoms with van der Waals surface area (Å²) < 4.78 is 5.20. The Kier molecular flexibility index (Phi) is 3.77. The fraction of sp³-hybridized carbons (Fsp3) is 0.188.